The molecule has 0 radical (unpaired) electrons. The summed E-state index contributed by atoms with van der Waals surface area (Å²) in [5, 5.41) is 6.17. The fourth-order valence-electron chi connectivity index (χ4n) is 2.55. The Labute approximate surface area is 171 Å². The maximum absolute atomic E-state index is 12.3. The number of rotatable bonds is 6. The van der Waals surface area contributed by atoms with Crippen molar-refractivity contribution in [2.45, 2.75) is 20.8 Å². The molecule has 0 spiro atoms. The predicted molar refractivity (Wildman–Crippen MR) is 112 cm³/mol. The number of esters is 1. The first kappa shape index (κ1) is 20.0. The minimum Gasteiger partial charge on any atom is -0.484 e. The number of thiazole rings is 1. The number of carbonyl (C=O) groups excluding carboxylic acids is 2. The highest BCUT2D eigenvalue weighted by Crippen LogP contribution is 2.33. The first-order chi connectivity index (χ1) is 13.4. The summed E-state index contributed by atoms with van der Waals surface area (Å²) in [6.45, 7) is 5.52. The van der Waals surface area contributed by atoms with Gasteiger partial charge in [-0.2, -0.15) is 0 Å². The fraction of sp³-hybridized carbons (Fsp3) is 0.250. The maximum atomic E-state index is 12.3. The summed E-state index contributed by atoms with van der Waals surface area (Å²) < 4.78 is 10.4. The highest BCUT2D eigenvalue weighted by Gasteiger charge is 2.21. The number of nitrogens with zero attached hydrogens (tertiary/aromatic N) is 1. The van der Waals surface area contributed by atoms with Crippen molar-refractivity contribution in [1.82, 2.24) is 4.98 Å². The van der Waals surface area contributed by atoms with E-state index in [1.165, 1.54) is 18.4 Å². The predicted octanol–water partition coefficient (Wildman–Crippen LogP) is 4.60. The number of hydrogen-bond donors (Lipinski definition) is 1. The minimum atomic E-state index is -0.467. The lowest BCUT2D eigenvalue weighted by molar-refractivity contribution is -0.118. The summed E-state index contributed by atoms with van der Waals surface area (Å²) in [6, 6.07) is 7.43. The average molecular weight is 417 g/mol. The number of thiophene rings is 1. The molecule has 146 valence electrons. The van der Waals surface area contributed by atoms with Crippen LogP contribution in [0.2, 0.25) is 0 Å². The van der Waals surface area contributed by atoms with Crippen LogP contribution >= 0.6 is 22.7 Å². The van der Waals surface area contributed by atoms with E-state index in [0.29, 0.717) is 16.3 Å². The van der Waals surface area contributed by atoms with Gasteiger partial charge in [0.25, 0.3) is 5.91 Å². The van der Waals surface area contributed by atoms with Crippen molar-refractivity contribution in [1.29, 1.82) is 0 Å². The molecule has 6 nitrogen and oxygen atoms in total. The van der Waals surface area contributed by atoms with Crippen LogP contribution in [0.4, 0.5) is 5.00 Å². The van der Waals surface area contributed by atoms with E-state index in [4.69, 9.17) is 9.47 Å². The zero-order valence-electron chi connectivity index (χ0n) is 16.0. The van der Waals surface area contributed by atoms with E-state index in [0.717, 1.165) is 26.7 Å². The van der Waals surface area contributed by atoms with Gasteiger partial charge in [-0.1, -0.05) is 0 Å². The normalized spacial score (nSPS) is 10.6. The molecular weight excluding hydrogens is 396 g/mol. The zero-order chi connectivity index (χ0) is 20.3. The van der Waals surface area contributed by atoms with Gasteiger partial charge in [-0.15, -0.1) is 22.7 Å². The molecule has 0 aliphatic carbocycles. The van der Waals surface area contributed by atoms with E-state index in [-0.39, 0.29) is 12.5 Å². The number of methoxy groups -OCH3 is 1. The highest BCUT2D eigenvalue weighted by atomic mass is 32.1. The van der Waals surface area contributed by atoms with E-state index in [9.17, 15) is 9.59 Å². The van der Waals surface area contributed by atoms with Gasteiger partial charge in [0.05, 0.1) is 12.7 Å². The van der Waals surface area contributed by atoms with E-state index in [2.05, 4.69) is 10.3 Å². The second kappa shape index (κ2) is 8.53. The number of aromatic nitrogens is 1. The molecule has 0 aliphatic heterocycles. The summed E-state index contributed by atoms with van der Waals surface area (Å²) in [5.41, 5.74) is 3.19. The Morgan fingerprint density at radius 2 is 1.86 bits per heavy atom. The van der Waals surface area contributed by atoms with E-state index >= 15 is 0 Å². The Morgan fingerprint density at radius 3 is 2.46 bits per heavy atom. The molecule has 0 saturated carbocycles. The van der Waals surface area contributed by atoms with Crippen LogP contribution < -0.4 is 10.1 Å². The van der Waals surface area contributed by atoms with Crippen LogP contribution in [0, 0.1) is 20.8 Å². The number of benzene rings is 1. The van der Waals surface area contributed by atoms with Gasteiger partial charge in [0.2, 0.25) is 0 Å². The van der Waals surface area contributed by atoms with Crippen molar-refractivity contribution in [3.05, 3.63) is 51.3 Å². The lowest BCUT2D eigenvalue weighted by Crippen LogP contribution is -2.21. The van der Waals surface area contributed by atoms with Gasteiger partial charge in [0, 0.05) is 21.5 Å². The SMILES string of the molecule is COC(=O)c1c(NC(=O)COc2ccc(-c3nc(C)cs3)cc2)sc(C)c1C. The van der Waals surface area contributed by atoms with Gasteiger partial charge in [0.1, 0.15) is 15.8 Å². The molecule has 0 atom stereocenters. The largest absolute Gasteiger partial charge is 0.484 e. The number of hydrogen-bond acceptors (Lipinski definition) is 7. The smallest absolute Gasteiger partial charge is 0.341 e. The maximum Gasteiger partial charge on any atom is 0.341 e. The molecule has 1 amide bonds. The number of ether oxygens (including phenoxy) is 2. The second-order valence-corrected chi connectivity index (χ2v) is 8.22. The third kappa shape index (κ3) is 4.40. The second-order valence-electron chi connectivity index (χ2n) is 6.13. The molecule has 0 aliphatic rings. The van der Waals surface area contributed by atoms with Crippen LogP contribution in [0.25, 0.3) is 10.6 Å². The summed E-state index contributed by atoms with van der Waals surface area (Å²) in [5.74, 6) is -0.226. The Hall–Kier alpha value is -2.71. The molecule has 1 aromatic carbocycles. The number of amides is 1. The lowest BCUT2D eigenvalue weighted by Gasteiger charge is -2.08. The third-order valence-corrected chi connectivity index (χ3v) is 6.25. The molecule has 0 bridgehead atoms. The van der Waals surface area contributed by atoms with Gasteiger partial charge < -0.3 is 14.8 Å². The molecule has 0 fully saturated rings. The lowest BCUT2D eigenvalue weighted by atomic mass is 10.1. The quantitative estimate of drug-likeness (QED) is 0.594. The molecule has 3 aromatic rings. The monoisotopic (exact) mass is 416 g/mol. The Morgan fingerprint density at radius 1 is 1.14 bits per heavy atom. The first-order valence-electron chi connectivity index (χ1n) is 8.52. The Kier molecular flexibility index (Phi) is 6.11. The summed E-state index contributed by atoms with van der Waals surface area (Å²) in [4.78, 5) is 29.6. The Balaban J connectivity index is 1.62. The summed E-state index contributed by atoms with van der Waals surface area (Å²) >= 11 is 2.93. The molecule has 1 N–H and O–H groups in total. The van der Waals surface area contributed by atoms with Crippen LogP contribution in [0.1, 0.15) is 26.5 Å². The molecule has 2 heterocycles. The van der Waals surface area contributed by atoms with E-state index in [1.54, 1.807) is 23.5 Å². The molecule has 3 rings (SSSR count). The van der Waals surface area contributed by atoms with Crippen molar-refractivity contribution >= 4 is 39.6 Å². The van der Waals surface area contributed by atoms with Crippen LogP contribution in [-0.4, -0.2) is 30.6 Å². The summed E-state index contributed by atoms with van der Waals surface area (Å²) in [6.07, 6.45) is 0. The number of aryl methyl sites for hydroxylation is 2. The number of carbonyl (C=O) groups is 2. The zero-order valence-corrected chi connectivity index (χ0v) is 17.6. The minimum absolute atomic E-state index is 0.160. The van der Waals surface area contributed by atoms with Crippen LogP contribution in [-0.2, 0) is 9.53 Å². The van der Waals surface area contributed by atoms with Crippen molar-refractivity contribution < 1.29 is 19.1 Å². The topological polar surface area (TPSA) is 77.5 Å². The first-order valence-corrected chi connectivity index (χ1v) is 10.2. The van der Waals surface area contributed by atoms with Gasteiger partial charge in [0.15, 0.2) is 6.61 Å². The molecular formula is C20H20N2O4S2. The van der Waals surface area contributed by atoms with Crippen molar-refractivity contribution in [3.63, 3.8) is 0 Å². The number of nitrogens with one attached hydrogen (secondary N) is 1. The van der Waals surface area contributed by atoms with Gasteiger partial charge >= 0.3 is 5.97 Å². The molecule has 28 heavy (non-hydrogen) atoms. The van der Waals surface area contributed by atoms with Crippen molar-refractivity contribution in [2.24, 2.45) is 0 Å². The van der Waals surface area contributed by atoms with Crippen molar-refractivity contribution in [2.75, 3.05) is 19.0 Å². The Bertz CT molecular complexity index is 1010. The molecule has 8 heteroatoms. The summed E-state index contributed by atoms with van der Waals surface area (Å²) in [7, 11) is 1.32. The van der Waals surface area contributed by atoms with E-state index < -0.39 is 5.97 Å². The highest BCUT2D eigenvalue weighted by molar-refractivity contribution is 7.16. The van der Waals surface area contributed by atoms with Gasteiger partial charge in [-0.25, -0.2) is 9.78 Å². The van der Waals surface area contributed by atoms with Crippen LogP contribution in [0.3, 0.4) is 0 Å². The van der Waals surface area contributed by atoms with Gasteiger partial charge in [-0.05, 0) is 50.6 Å². The van der Waals surface area contributed by atoms with E-state index in [1.807, 2.05) is 38.3 Å². The fourth-order valence-corrected chi connectivity index (χ4v) is 4.42. The van der Waals surface area contributed by atoms with Crippen LogP contribution in [0.15, 0.2) is 29.6 Å². The molecule has 2 aromatic heterocycles. The van der Waals surface area contributed by atoms with Crippen LogP contribution in [0.5, 0.6) is 5.75 Å². The average Bonchev–Trinajstić information content (AvgIpc) is 3.23. The van der Waals surface area contributed by atoms with Crippen molar-refractivity contribution in [3.8, 4) is 16.3 Å². The molecule has 0 saturated heterocycles. The number of anilines is 1. The third-order valence-electron chi connectivity index (χ3n) is 4.12. The standard InChI is InChI=1S/C20H20N2O4S2/c1-11-10-27-18(21-11)14-5-7-15(8-6-14)26-9-16(23)22-19-17(20(24)25-4)12(2)13(3)28-19/h5-8,10H,9H2,1-4H3,(H,22,23). The molecule has 0 unspecified atom stereocenters. The van der Waals surface area contributed by atoms with Gasteiger partial charge in [-0.3, -0.25) is 4.79 Å².